The Bertz CT molecular complexity index is 1270. The van der Waals surface area contributed by atoms with Crippen LogP contribution in [-0.2, 0) is 20.8 Å². The van der Waals surface area contributed by atoms with Gasteiger partial charge in [0.2, 0.25) is 0 Å². The Morgan fingerprint density at radius 2 is 1.89 bits per heavy atom. The highest BCUT2D eigenvalue weighted by Gasteiger charge is 2.37. The summed E-state index contributed by atoms with van der Waals surface area (Å²) >= 11 is 6.22. The number of halogens is 1. The number of aliphatic carboxylic acids is 1. The van der Waals surface area contributed by atoms with Gasteiger partial charge < -0.3 is 24.0 Å². The Morgan fingerprint density at radius 1 is 1.22 bits per heavy atom. The third-order valence-electron chi connectivity index (χ3n) is 7.10. The summed E-state index contributed by atoms with van der Waals surface area (Å²) in [5.41, 5.74) is 6.18. The van der Waals surface area contributed by atoms with E-state index < -0.39 is 17.7 Å². The molecule has 0 radical (unpaired) electrons. The molecule has 1 aromatic heterocycles. The minimum Gasteiger partial charge on any atom is -0.479 e. The summed E-state index contributed by atoms with van der Waals surface area (Å²) in [7, 11) is 3.85. The van der Waals surface area contributed by atoms with Crippen molar-refractivity contribution in [3.05, 3.63) is 52.2 Å². The molecule has 1 aliphatic rings. The molecule has 36 heavy (non-hydrogen) atoms. The summed E-state index contributed by atoms with van der Waals surface area (Å²) in [4.78, 5) is 15.1. The number of likely N-dealkylation sites (N-methyl/N-ethyl adjacent to an activating group) is 1. The van der Waals surface area contributed by atoms with Gasteiger partial charge in [-0.05, 0) is 82.3 Å². The number of carboxylic acids is 1. The fourth-order valence-electron chi connectivity index (χ4n) is 5.53. The lowest BCUT2D eigenvalue weighted by molar-refractivity contribution is -0.160. The second-order valence-electron chi connectivity index (χ2n) is 10.8. The van der Waals surface area contributed by atoms with Crippen molar-refractivity contribution in [2.45, 2.75) is 71.8 Å². The van der Waals surface area contributed by atoms with Gasteiger partial charge in [-0.3, -0.25) is 0 Å². The quantitative estimate of drug-likeness (QED) is 0.337. The molecule has 194 valence electrons. The van der Waals surface area contributed by atoms with Crippen molar-refractivity contribution in [2.75, 3.05) is 25.7 Å². The zero-order chi connectivity index (χ0) is 26.4. The number of rotatable bonds is 8. The molecule has 1 aliphatic heterocycles. The standard InChI is InChI=1S/C29H37ClN2O4/c1-17-15-22-24(19-10-12-20(30)13-11-19)23(27(28(33)34)36-29(3,4)5)18(2)25-26(22)32(17)16-21(31(25)6)9-8-14-35-7/h10-13,15,21,27H,8-9,14,16H2,1-7H3,(H,33,34)/t21-,27-/m0/s1. The minimum absolute atomic E-state index is 0.279. The molecule has 7 heteroatoms. The maximum absolute atomic E-state index is 12.7. The molecule has 0 saturated carbocycles. The fraction of sp³-hybridized carbons (Fsp3) is 0.483. The molecular weight excluding hydrogens is 476 g/mol. The van der Waals surface area contributed by atoms with Crippen molar-refractivity contribution in [3.63, 3.8) is 0 Å². The highest BCUT2D eigenvalue weighted by Crippen LogP contribution is 2.48. The molecule has 3 aromatic rings. The summed E-state index contributed by atoms with van der Waals surface area (Å²) < 4.78 is 13.9. The molecule has 0 unspecified atom stereocenters. The van der Waals surface area contributed by atoms with Crippen molar-refractivity contribution in [1.29, 1.82) is 0 Å². The minimum atomic E-state index is -1.12. The highest BCUT2D eigenvalue weighted by atomic mass is 35.5. The van der Waals surface area contributed by atoms with Crippen LogP contribution in [0.5, 0.6) is 0 Å². The van der Waals surface area contributed by atoms with Crippen molar-refractivity contribution in [1.82, 2.24) is 4.57 Å². The van der Waals surface area contributed by atoms with Crippen molar-refractivity contribution < 1.29 is 19.4 Å². The number of methoxy groups -OCH3 is 1. The van der Waals surface area contributed by atoms with Crippen LogP contribution in [0.4, 0.5) is 5.69 Å². The number of carboxylic acid groups (broad SMARTS) is 1. The summed E-state index contributed by atoms with van der Waals surface area (Å²) in [6, 6.07) is 10.1. The van der Waals surface area contributed by atoms with Gasteiger partial charge in [0.1, 0.15) is 0 Å². The average Bonchev–Trinajstić information content (AvgIpc) is 3.12. The number of hydrogen-bond donors (Lipinski definition) is 1. The van der Waals surface area contributed by atoms with Crippen molar-refractivity contribution in [2.24, 2.45) is 0 Å². The highest BCUT2D eigenvalue weighted by molar-refractivity contribution is 6.30. The van der Waals surface area contributed by atoms with E-state index in [1.165, 1.54) is 0 Å². The van der Waals surface area contributed by atoms with Crippen LogP contribution in [0.25, 0.3) is 22.0 Å². The zero-order valence-corrected chi connectivity index (χ0v) is 23.1. The molecule has 2 aromatic carbocycles. The van der Waals surface area contributed by atoms with Gasteiger partial charge >= 0.3 is 5.97 Å². The molecule has 0 saturated heterocycles. The van der Waals surface area contributed by atoms with Crippen LogP contribution in [0.15, 0.2) is 30.3 Å². The number of aromatic nitrogens is 1. The van der Waals surface area contributed by atoms with E-state index in [1.807, 2.05) is 52.0 Å². The van der Waals surface area contributed by atoms with E-state index in [0.717, 1.165) is 65.0 Å². The Labute approximate surface area is 218 Å². The number of hydrogen-bond acceptors (Lipinski definition) is 4. The van der Waals surface area contributed by atoms with Crippen molar-refractivity contribution in [3.8, 4) is 11.1 Å². The van der Waals surface area contributed by atoms with E-state index in [0.29, 0.717) is 10.6 Å². The molecule has 2 heterocycles. The van der Waals surface area contributed by atoms with E-state index in [1.54, 1.807) is 7.11 Å². The van der Waals surface area contributed by atoms with Gasteiger partial charge in [0, 0.05) is 55.0 Å². The lowest BCUT2D eigenvalue weighted by Gasteiger charge is -2.39. The average molecular weight is 513 g/mol. The van der Waals surface area contributed by atoms with Gasteiger partial charge in [0.15, 0.2) is 6.10 Å². The topological polar surface area (TPSA) is 63.9 Å². The SMILES string of the molecule is COCCC[C@H]1Cn2c(C)cc3c(-c4ccc(Cl)cc4)c([C@H](OC(C)(C)C)C(=O)O)c(C)c(c32)N1C. The van der Waals surface area contributed by atoms with E-state index in [-0.39, 0.29) is 6.04 Å². The molecule has 0 fully saturated rings. The number of carbonyl (C=O) groups is 1. The molecule has 0 aliphatic carbocycles. The van der Waals surface area contributed by atoms with E-state index in [9.17, 15) is 9.90 Å². The van der Waals surface area contributed by atoms with Crippen LogP contribution in [0.1, 0.15) is 56.5 Å². The number of anilines is 1. The Hall–Kier alpha value is -2.54. The van der Waals surface area contributed by atoms with Crippen LogP contribution < -0.4 is 4.90 Å². The monoisotopic (exact) mass is 512 g/mol. The Balaban J connectivity index is 2.05. The van der Waals surface area contributed by atoms with Crippen LogP contribution in [0.2, 0.25) is 5.02 Å². The summed E-state index contributed by atoms with van der Waals surface area (Å²) in [6.07, 6.45) is 0.823. The molecule has 6 nitrogen and oxygen atoms in total. The van der Waals surface area contributed by atoms with Crippen LogP contribution >= 0.6 is 11.6 Å². The molecule has 0 spiro atoms. The van der Waals surface area contributed by atoms with Crippen LogP contribution in [0.3, 0.4) is 0 Å². The predicted molar refractivity (Wildman–Crippen MR) is 146 cm³/mol. The van der Waals surface area contributed by atoms with Gasteiger partial charge in [-0.25, -0.2) is 4.79 Å². The van der Waals surface area contributed by atoms with Crippen molar-refractivity contribution >= 4 is 34.2 Å². The molecule has 2 atom stereocenters. The molecule has 0 amide bonds. The number of nitrogens with zero attached hydrogens (tertiary/aromatic N) is 2. The van der Waals surface area contributed by atoms with Gasteiger partial charge in [-0.2, -0.15) is 0 Å². The second-order valence-corrected chi connectivity index (χ2v) is 11.2. The first-order valence-corrected chi connectivity index (χ1v) is 12.9. The molecular formula is C29H37ClN2O4. The first-order chi connectivity index (χ1) is 16.9. The van der Waals surface area contributed by atoms with Gasteiger partial charge in [0.25, 0.3) is 0 Å². The molecule has 1 N–H and O–H groups in total. The zero-order valence-electron chi connectivity index (χ0n) is 22.3. The Morgan fingerprint density at radius 3 is 2.47 bits per heavy atom. The van der Waals surface area contributed by atoms with Crippen LogP contribution in [0, 0.1) is 13.8 Å². The first-order valence-electron chi connectivity index (χ1n) is 12.5. The second kappa shape index (κ2) is 10.1. The van der Waals surface area contributed by atoms with Gasteiger partial charge in [-0.15, -0.1) is 0 Å². The first kappa shape index (κ1) is 26.5. The predicted octanol–water partition coefficient (Wildman–Crippen LogP) is 6.76. The Kier molecular flexibility index (Phi) is 7.42. The van der Waals surface area contributed by atoms with Crippen LogP contribution in [-0.4, -0.2) is 48.1 Å². The number of ether oxygens (including phenoxy) is 2. The summed E-state index contributed by atoms with van der Waals surface area (Å²) in [5.74, 6) is -0.999. The van der Waals surface area contributed by atoms with E-state index >= 15 is 0 Å². The smallest absolute Gasteiger partial charge is 0.337 e. The van der Waals surface area contributed by atoms with Gasteiger partial charge in [0.05, 0.1) is 16.8 Å². The molecule has 0 bridgehead atoms. The maximum Gasteiger partial charge on any atom is 0.337 e. The van der Waals surface area contributed by atoms with Gasteiger partial charge in [-0.1, -0.05) is 23.7 Å². The lowest BCUT2D eigenvalue weighted by Crippen LogP contribution is -2.40. The summed E-state index contributed by atoms with van der Waals surface area (Å²) in [5, 5.41) is 12.1. The third kappa shape index (κ3) is 4.86. The summed E-state index contributed by atoms with van der Waals surface area (Å²) in [6.45, 7) is 11.4. The van der Waals surface area contributed by atoms with E-state index in [2.05, 4.69) is 29.5 Å². The normalized spacial score (nSPS) is 16.6. The number of aryl methyl sites for hydroxylation is 1. The largest absolute Gasteiger partial charge is 0.479 e. The molecule has 4 rings (SSSR count). The fourth-order valence-corrected chi connectivity index (χ4v) is 5.66. The third-order valence-corrected chi connectivity index (χ3v) is 7.35. The lowest BCUT2D eigenvalue weighted by atomic mass is 9.86. The van der Waals surface area contributed by atoms with E-state index in [4.69, 9.17) is 21.1 Å². The number of benzene rings is 2. The maximum atomic E-state index is 12.7.